The molecule has 0 amide bonds. The molecule has 1 aliphatic rings. The molecule has 0 saturated heterocycles. The van der Waals surface area contributed by atoms with E-state index in [9.17, 15) is 8.42 Å². The molecule has 0 spiro atoms. The monoisotopic (exact) mass is 344 g/mol. The molecule has 0 radical (unpaired) electrons. The Morgan fingerprint density at radius 1 is 0.833 bits per heavy atom. The molecule has 5 heteroatoms. The molecule has 2 aromatic carbocycles. The maximum atomic E-state index is 12.2. The fourth-order valence-corrected chi connectivity index (χ4v) is 3.99. The Kier molecular flexibility index (Phi) is 5.45. The van der Waals surface area contributed by atoms with Crippen molar-refractivity contribution in [3.05, 3.63) is 83.3 Å². The Bertz CT molecular complexity index is 770. The molecule has 0 aromatic heterocycles. The van der Waals surface area contributed by atoms with E-state index in [1.165, 1.54) is 5.41 Å². The van der Waals surface area contributed by atoms with Crippen molar-refractivity contribution in [2.24, 2.45) is 0 Å². The van der Waals surface area contributed by atoms with Crippen LogP contribution in [0, 0.1) is 0 Å². The van der Waals surface area contributed by atoms with Gasteiger partial charge in [-0.3, -0.25) is 0 Å². The van der Waals surface area contributed by atoms with Crippen molar-refractivity contribution in [3.63, 3.8) is 0 Å². The molecule has 0 bridgehead atoms. The van der Waals surface area contributed by atoms with Crippen LogP contribution in [-0.2, 0) is 32.5 Å². The largest absolute Gasteiger partial charge is 0.375 e. The number of hydrogen-bond acceptors (Lipinski definition) is 4. The summed E-state index contributed by atoms with van der Waals surface area (Å²) in [5.41, 5.74) is 2.03. The molecule has 0 N–H and O–H groups in total. The van der Waals surface area contributed by atoms with E-state index in [0.717, 1.165) is 11.1 Å². The summed E-state index contributed by atoms with van der Waals surface area (Å²) >= 11 is 0. The first-order chi connectivity index (χ1) is 11.6. The highest BCUT2D eigenvalue weighted by molar-refractivity contribution is 7.95. The predicted octanol–water partition coefficient (Wildman–Crippen LogP) is 3.10. The van der Waals surface area contributed by atoms with E-state index in [2.05, 4.69) is 0 Å². The average Bonchev–Trinajstić information content (AvgIpc) is 2.89. The Morgan fingerprint density at radius 3 is 2.04 bits per heavy atom. The Hall–Kier alpha value is -1.95. The zero-order valence-corrected chi connectivity index (χ0v) is 14.1. The van der Waals surface area contributed by atoms with Crippen molar-refractivity contribution in [2.45, 2.75) is 24.6 Å². The van der Waals surface area contributed by atoms with Crippen LogP contribution in [0.2, 0.25) is 0 Å². The first-order valence-corrected chi connectivity index (χ1v) is 9.45. The maximum Gasteiger partial charge on any atom is 0.179 e. The fourth-order valence-electron chi connectivity index (χ4n) is 2.59. The molecule has 3 rings (SSSR count). The van der Waals surface area contributed by atoms with E-state index in [-0.39, 0.29) is 6.61 Å². The van der Waals surface area contributed by atoms with Gasteiger partial charge in [-0.05, 0) is 17.2 Å². The number of ether oxygens (including phenoxy) is 2. The minimum absolute atomic E-state index is 0.115. The molecule has 0 fully saturated rings. The topological polar surface area (TPSA) is 52.6 Å². The van der Waals surface area contributed by atoms with Crippen LogP contribution in [0.1, 0.15) is 11.1 Å². The van der Waals surface area contributed by atoms with Crippen LogP contribution < -0.4 is 0 Å². The first kappa shape index (κ1) is 16.9. The predicted molar refractivity (Wildman–Crippen MR) is 93.0 cm³/mol. The van der Waals surface area contributed by atoms with Crippen molar-refractivity contribution in [3.8, 4) is 0 Å². The highest BCUT2D eigenvalue weighted by Crippen LogP contribution is 2.23. The number of benzene rings is 2. The molecular weight excluding hydrogens is 324 g/mol. The van der Waals surface area contributed by atoms with Crippen molar-refractivity contribution in [2.75, 3.05) is 6.61 Å². The maximum absolute atomic E-state index is 12.2. The fraction of sp³-hybridized carbons (Fsp3) is 0.263. The molecule has 1 aliphatic heterocycles. The summed E-state index contributed by atoms with van der Waals surface area (Å²) in [6, 6.07) is 19.4. The second-order valence-electron chi connectivity index (χ2n) is 5.72. The Balaban J connectivity index is 1.56. The normalized spacial score (nSPS) is 21.8. The van der Waals surface area contributed by atoms with Gasteiger partial charge in [0.25, 0.3) is 0 Å². The van der Waals surface area contributed by atoms with Crippen LogP contribution in [0.3, 0.4) is 0 Å². The van der Waals surface area contributed by atoms with Crippen LogP contribution in [0.5, 0.6) is 0 Å². The minimum Gasteiger partial charge on any atom is -0.375 e. The smallest absolute Gasteiger partial charge is 0.179 e. The summed E-state index contributed by atoms with van der Waals surface area (Å²) in [4.78, 5) is 0. The highest BCUT2D eigenvalue weighted by atomic mass is 32.2. The number of hydrogen-bond donors (Lipinski definition) is 0. The lowest BCUT2D eigenvalue weighted by Gasteiger charge is -2.19. The van der Waals surface area contributed by atoms with Crippen molar-refractivity contribution >= 4 is 9.84 Å². The summed E-state index contributed by atoms with van der Waals surface area (Å²) in [5.74, 6) is 0. The molecule has 1 heterocycles. The lowest BCUT2D eigenvalue weighted by atomic mass is 10.2. The standard InChI is InChI=1S/C19H20O4S/c20-24(21)12-11-18(23-14-17-9-5-2-6-10-17)19(24)15-22-13-16-7-3-1-4-8-16/h1-12,18-19H,13-15H2/t18-,19-/m0/s1. The third-order valence-electron chi connectivity index (χ3n) is 3.93. The zero-order chi connectivity index (χ0) is 16.8. The Labute approximate surface area is 142 Å². The van der Waals surface area contributed by atoms with E-state index in [1.807, 2.05) is 60.7 Å². The third-order valence-corrected chi connectivity index (χ3v) is 5.71. The lowest BCUT2D eigenvalue weighted by Crippen LogP contribution is -2.33. The summed E-state index contributed by atoms with van der Waals surface area (Å²) in [6.07, 6.45) is 1.13. The van der Waals surface area contributed by atoms with E-state index in [0.29, 0.717) is 13.2 Å². The third kappa shape index (κ3) is 4.32. The second kappa shape index (κ2) is 7.75. The summed E-state index contributed by atoms with van der Waals surface area (Å²) in [5, 5.41) is 0.545. The van der Waals surface area contributed by atoms with Crippen LogP contribution >= 0.6 is 0 Å². The zero-order valence-electron chi connectivity index (χ0n) is 13.2. The van der Waals surface area contributed by atoms with Gasteiger partial charge < -0.3 is 9.47 Å². The SMILES string of the molecule is O=S1(=O)C=C[C@H](OCc2ccccc2)[C@@H]1COCc1ccccc1. The quantitative estimate of drug-likeness (QED) is 0.774. The van der Waals surface area contributed by atoms with E-state index < -0.39 is 21.2 Å². The van der Waals surface area contributed by atoms with Gasteiger partial charge in [0.05, 0.1) is 25.9 Å². The van der Waals surface area contributed by atoms with Gasteiger partial charge in [-0.2, -0.15) is 0 Å². The molecule has 4 nitrogen and oxygen atoms in total. The molecule has 126 valence electrons. The Morgan fingerprint density at radius 2 is 1.42 bits per heavy atom. The molecule has 2 atom stereocenters. The average molecular weight is 344 g/mol. The van der Waals surface area contributed by atoms with Gasteiger partial charge in [-0.1, -0.05) is 60.7 Å². The van der Waals surface area contributed by atoms with Crippen LogP contribution in [0.25, 0.3) is 0 Å². The first-order valence-electron chi connectivity index (χ1n) is 7.84. The van der Waals surface area contributed by atoms with Crippen LogP contribution in [0.15, 0.2) is 72.1 Å². The second-order valence-corrected chi connectivity index (χ2v) is 7.77. The summed E-state index contributed by atoms with van der Waals surface area (Å²) in [6.45, 7) is 0.877. The van der Waals surface area contributed by atoms with Gasteiger partial charge in [0.2, 0.25) is 0 Å². The van der Waals surface area contributed by atoms with Crippen LogP contribution in [0.4, 0.5) is 0 Å². The van der Waals surface area contributed by atoms with Crippen molar-refractivity contribution in [1.82, 2.24) is 0 Å². The lowest BCUT2D eigenvalue weighted by molar-refractivity contribution is 0.0388. The molecule has 24 heavy (non-hydrogen) atoms. The van der Waals surface area contributed by atoms with E-state index >= 15 is 0 Å². The van der Waals surface area contributed by atoms with Gasteiger partial charge in [0.15, 0.2) is 9.84 Å². The van der Waals surface area contributed by atoms with Gasteiger partial charge in [-0.15, -0.1) is 0 Å². The van der Waals surface area contributed by atoms with E-state index in [1.54, 1.807) is 6.08 Å². The van der Waals surface area contributed by atoms with Crippen LogP contribution in [-0.4, -0.2) is 26.4 Å². The minimum atomic E-state index is -3.33. The number of rotatable bonds is 7. The molecule has 2 aromatic rings. The van der Waals surface area contributed by atoms with Gasteiger partial charge in [-0.25, -0.2) is 8.42 Å². The van der Waals surface area contributed by atoms with E-state index in [4.69, 9.17) is 9.47 Å². The van der Waals surface area contributed by atoms with Crippen molar-refractivity contribution in [1.29, 1.82) is 0 Å². The number of sulfone groups is 1. The molecule has 0 saturated carbocycles. The molecular formula is C19H20O4S. The van der Waals surface area contributed by atoms with Gasteiger partial charge >= 0.3 is 0 Å². The molecule has 0 aliphatic carbocycles. The highest BCUT2D eigenvalue weighted by Gasteiger charge is 2.36. The van der Waals surface area contributed by atoms with Gasteiger partial charge in [0, 0.05) is 5.41 Å². The van der Waals surface area contributed by atoms with Gasteiger partial charge in [0.1, 0.15) is 5.25 Å². The summed E-state index contributed by atoms with van der Waals surface area (Å²) < 4.78 is 35.8. The summed E-state index contributed by atoms with van der Waals surface area (Å²) in [7, 11) is -3.33. The molecule has 0 unspecified atom stereocenters. The van der Waals surface area contributed by atoms with Crippen molar-refractivity contribution < 1.29 is 17.9 Å².